The number of hydrogen-bond acceptors (Lipinski definition) is 3. The van der Waals surface area contributed by atoms with Crippen LogP contribution in [0, 0.1) is 5.82 Å². The summed E-state index contributed by atoms with van der Waals surface area (Å²) in [5, 5.41) is 9.13. The Hall–Kier alpha value is -2.56. The molecule has 1 N–H and O–H groups in total. The molecule has 4 nitrogen and oxygen atoms in total. The molecule has 2 rings (SSSR count). The van der Waals surface area contributed by atoms with Gasteiger partial charge in [-0.05, 0) is 18.2 Å². The van der Waals surface area contributed by atoms with E-state index in [1.54, 1.807) is 30.3 Å². The van der Waals surface area contributed by atoms with Crippen LogP contribution in [-0.2, 0) is 6.61 Å². The lowest BCUT2D eigenvalue weighted by molar-refractivity contribution is 0.0691. The van der Waals surface area contributed by atoms with Crippen molar-refractivity contribution in [2.75, 3.05) is 7.11 Å². The lowest BCUT2D eigenvalue weighted by atomic mass is 10.2. The van der Waals surface area contributed by atoms with Gasteiger partial charge in [0.05, 0.1) is 7.11 Å². The third-order valence-electron chi connectivity index (χ3n) is 2.76. The topological polar surface area (TPSA) is 55.8 Å². The molecule has 0 saturated heterocycles. The van der Waals surface area contributed by atoms with E-state index in [4.69, 9.17) is 14.6 Å². The van der Waals surface area contributed by atoms with E-state index in [2.05, 4.69) is 0 Å². The summed E-state index contributed by atoms with van der Waals surface area (Å²) in [6.45, 7) is -0.0761. The molecule has 0 bridgehead atoms. The van der Waals surface area contributed by atoms with Crippen LogP contribution in [0.4, 0.5) is 4.39 Å². The fourth-order valence-corrected chi connectivity index (χ4v) is 1.76. The SMILES string of the molecule is COc1cccc(C(=O)O)c1OCc1ccccc1F. The van der Waals surface area contributed by atoms with Crippen molar-refractivity contribution >= 4 is 5.97 Å². The van der Waals surface area contributed by atoms with Crippen molar-refractivity contribution in [2.24, 2.45) is 0 Å². The first-order chi connectivity index (χ1) is 9.63. The van der Waals surface area contributed by atoms with Crippen molar-refractivity contribution in [3.8, 4) is 11.5 Å². The Morgan fingerprint density at radius 2 is 1.95 bits per heavy atom. The van der Waals surface area contributed by atoms with E-state index in [0.29, 0.717) is 11.3 Å². The maximum absolute atomic E-state index is 13.5. The molecule has 2 aromatic rings. The van der Waals surface area contributed by atoms with E-state index in [1.807, 2.05) is 0 Å². The predicted molar refractivity (Wildman–Crippen MR) is 70.7 cm³/mol. The summed E-state index contributed by atoms with van der Waals surface area (Å²) in [7, 11) is 1.41. The summed E-state index contributed by atoms with van der Waals surface area (Å²) in [5.41, 5.74) is 0.315. The Bertz CT molecular complexity index is 625. The zero-order valence-electron chi connectivity index (χ0n) is 10.8. The average Bonchev–Trinajstić information content (AvgIpc) is 2.46. The second-order valence-corrected chi connectivity index (χ2v) is 4.02. The van der Waals surface area contributed by atoms with Crippen LogP contribution >= 0.6 is 0 Å². The van der Waals surface area contributed by atoms with Crippen molar-refractivity contribution in [3.63, 3.8) is 0 Å². The Balaban J connectivity index is 2.29. The summed E-state index contributed by atoms with van der Waals surface area (Å²) in [6, 6.07) is 10.7. The van der Waals surface area contributed by atoms with Crippen LogP contribution in [0.2, 0.25) is 0 Å². The number of benzene rings is 2. The Morgan fingerprint density at radius 3 is 2.60 bits per heavy atom. The molecule has 0 radical (unpaired) electrons. The molecule has 0 spiro atoms. The van der Waals surface area contributed by atoms with Gasteiger partial charge in [0.1, 0.15) is 18.0 Å². The third kappa shape index (κ3) is 2.88. The molecule has 0 aliphatic rings. The molecule has 0 unspecified atom stereocenters. The van der Waals surface area contributed by atoms with Gasteiger partial charge in [-0.25, -0.2) is 9.18 Å². The number of aromatic carboxylic acids is 1. The van der Waals surface area contributed by atoms with E-state index in [-0.39, 0.29) is 17.9 Å². The molecule has 5 heteroatoms. The van der Waals surface area contributed by atoms with E-state index in [1.165, 1.54) is 19.2 Å². The first-order valence-electron chi connectivity index (χ1n) is 5.90. The average molecular weight is 276 g/mol. The molecule has 20 heavy (non-hydrogen) atoms. The Labute approximate surface area is 115 Å². The molecule has 2 aromatic carbocycles. The number of para-hydroxylation sites is 1. The molecular formula is C15H13FO4. The van der Waals surface area contributed by atoms with Gasteiger partial charge in [0.2, 0.25) is 0 Å². The molecule has 0 fully saturated rings. The van der Waals surface area contributed by atoms with Crippen LogP contribution in [0.15, 0.2) is 42.5 Å². The highest BCUT2D eigenvalue weighted by molar-refractivity contribution is 5.92. The maximum atomic E-state index is 13.5. The van der Waals surface area contributed by atoms with Crippen LogP contribution in [-0.4, -0.2) is 18.2 Å². The number of carboxylic acid groups (broad SMARTS) is 1. The van der Waals surface area contributed by atoms with Crippen LogP contribution in [0.25, 0.3) is 0 Å². The van der Waals surface area contributed by atoms with E-state index in [0.717, 1.165) is 0 Å². The number of halogens is 1. The highest BCUT2D eigenvalue weighted by Crippen LogP contribution is 2.31. The highest BCUT2D eigenvalue weighted by atomic mass is 19.1. The predicted octanol–water partition coefficient (Wildman–Crippen LogP) is 3.11. The first-order valence-corrected chi connectivity index (χ1v) is 5.90. The summed E-state index contributed by atoms with van der Waals surface area (Å²) < 4.78 is 24.0. The number of carbonyl (C=O) groups is 1. The lowest BCUT2D eigenvalue weighted by Crippen LogP contribution is -2.06. The number of methoxy groups -OCH3 is 1. The number of rotatable bonds is 5. The number of carboxylic acids is 1. The smallest absolute Gasteiger partial charge is 0.339 e. The van der Waals surface area contributed by atoms with Crippen LogP contribution in [0.3, 0.4) is 0 Å². The van der Waals surface area contributed by atoms with Crippen molar-refractivity contribution < 1.29 is 23.8 Å². The molecule has 104 valence electrons. The van der Waals surface area contributed by atoms with Crippen molar-refractivity contribution in [1.29, 1.82) is 0 Å². The van der Waals surface area contributed by atoms with Crippen LogP contribution < -0.4 is 9.47 Å². The fraction of sp³-hybridized carbons (Fsp3) is 0.133. The van der Waals surface area contributed by atoms with Gasteiger partial charge in [0, 0.05) is 5.56 Å². The molecule has 0 aliphatic carbocycles. The van der Waals surface area contributed by atoms with E-state index in [9.17, 15) is 9.18 Å². The third-order valence-corrected chi connectivity index (χ3v) is 2.76. The fourth-order valence-electron chi connectivity index (χ4n) is 1.76. The molecular weight excluding hydrogens is 263 g/mol. The zero-order valence-corrected chi connectivity index (χ0v) is 10.8. The van der Waals surface area contributed by atoms with Crippen molar-refractivity contribution in [1.82, 2.24) is 0 Å². The van der Waals surface area contributed by atoms with Crippen LogP contribution in [0.1, 0.15) is 15.9 Å². The van der Waals surface area contributed by atoms with Crippen molar-refractivity contribution in [2.45, 2.75) is 6.61 Å². The van der Waals surface area contributed by atoms with E-state index < -0.39 is 11.8 Å². The van der Waals surface area contributed by atoms with Crippen LogP contribution in [0.5, 0.6) is 11.5 Å². The van der Waals surface area contributed by atoms with Gasteiger partial charge >= 0.3 is 5.97 Å². The number of hydrogen-bond donors (Lipinski definition) is 1. The summed E-state index contributed by atoms with van der Waals surface area (Å²) in [6.07, 6.45) is 0. The monoisotopic (exact) mass is 276 g/mol. The van der Waals surface area contributed by atoms with Gasteiger partial charge in [0.15, 0.2) is 11.5 Å². The maximum Gasteiger partial charge on any atom is 0.339 e. The molecule has 0 heterocycles. The quantitative estimate of drug-likeness (QED) is 0.911. The van der Waals surface area contributed by atoms with Gasteiger partial charge in [-0.3, -0.25) is 0 Å². The van der Waals surface area contributed by atoms with Gasteiger partial charge in [-0.15, -0.1) is 0 Å². The highest BCUT2D eigenvalue weighted by Gasteiger charge is 2.16. The summed E-state index contributed by atoms with van der Waals surface area (Å²) >= 11 is 0. The van der Waals surface area contributed by atoms with Gasteiger partial charge in [-0.1, -0.05) is 24.3 Å². The summed E-state index contributed by atoms with van der Waals surface area (Å²) in [5.74, 6) is -1.15. The molecule has 0 aromatic heterocycles. The molecule has 0 atom stereocenters. The normalized spacial score (nSPS) is 10.1. The van der Waals surface area contributed by atoms with Crippen molar-refractivity contribution in [3.05, 3.63) is 59.4 Å². The molecule has 0 aliphatic heterocycles. The standard InChI is InChI=1S/C15H13FO4/c1-19-13-8-4-6-11(15(17)18)14(13)20-9-10-5-2-3-7-12(10)16/h2-8H,9H2,1H3,(H,17,18). The first kappa shape index (κ1) is 13.9. The van der Waals surface area contributed by atoms with Gasteiger partial charge in [0.25, 0.3) is 0 Å². The van der Waals surface area contributed by atoms with Gasteiger partial charge in [-0.2, -0.15) is 0 Å². The second-order valence-electron chi connectivity index (χ2n) is 4.02. The minimum Gasteiger partial charge on any atom is -0.493 e. The number of ether oxygens (including phenoxy) is 2. The minimum absolute atomic E-state index is 0.0271. The largest absolute Gasteiger partial charge is 0.493 e. The van der Waals surface area contributed by atoms with Gasteiger partial charge < -0.3 is 14.6 Å². The lowest BCUT2D eigenvalue weighted by Gasteiger charge is -2.13. The molecule has 0 amide bonds. The molecule has 0 saturated carbocycles. The van der Waals surface area contributed by atoms with E-state index >= 15 is 0 Å². The summed E-state index contributed by atoms with van der Waals surface area (Å²) in [4.78, 5) is 11.2. The minimum atomic E-state index is -1.13. The Morgan fingerprint density at radius 1 is 1.20 bits per heavy atom. The zero-order chi connectivity index (χ0) is 14.5. The Kier molecular flexibility index (Phi) is 4.20. The second kappa shape index (κ2) is 6.06.